The molecule has 0 spiro atoms. The number of nitrogens with zero attached hydrogens (tertiary/aromatic N) is 1. The predicted octanol–water partition coefficient (Wildman–Crippen LogP) is 3.78. The van der Waals surface area contributed by atoms with Gasteiger partial charge in [-0.15, -0.1) is 0 Å². The normalized spacial score (nSPS) is 22.2. The van der Waals surface area contributed by atoms with E-state index in [1.807, 2.05) is 0 Å². The van der Waals surface area contributed by atoms with Crippen LogP contribution in [0.4, 0.5) is 0 Å². The van der Waals surface area contributed by atoms with Gasteiger partial charge in [0.05, 0.1) is 0 Å². The molecule has 19 heavy (non-hydrogen) atoms. The van der Waals surface area contributed by atoms with E-state index in [4.69, 9.17) is 5.11 Å². The topological polar surface area (TPSA) is 40.5 Å². The number of unbranched alkanes of at least 4 members (excludes halogenated alkanes) is 2. The fourth-order valence-corrected chi connectivity index (χ4v) is 3.03. The fraction of sp³-hybridized carbons (Fsp3) is 0.938. The lowest BCUT2D eigenvalue weighted by atomic mass is 9.77. The summed E-state index contributed by atoms with van der Waals surface area (Å²) >= 11 is 0. The van der Waals surface area contributed by atoms with Gasteiger partial charge in [-0.2, -0.15) is 0 Å². The highest BCUT2D eigenvalue weighted by Gasteiger charge is 2.26. The summed E-state index contributed by atoms with van der Waals surface area (Å²) in [5.74, 6) is 0.187. The van der Waals surface area contributed by atoms with Crippen molar-refractivity contribution in [3.8, 4) is 0 Å². The fourth-order valence-electron chi connectivity index (χ4n) is 3.03. The van der Waals surface area contributed by atoms with Gasteiger partial charge in [-0.05, 0) is 63.1 Å². The second-order valence-corrected chi connectivity index (χ2v) is 7.04. The first-order valence-corrected chi connectivity index (χ1v) is 7.84. The molecule has 0 radical (unpaired) electrons. The summed E-state index contributed by atoms with van der Waals surface area (Å²) in [6.45, 7) is 10.7. The van der Waals surface area contributed by atoms with Gasteiger partial charge in [0.25, 0.3) is 0 Å². The van der Waals surface area contributed by atoms with Crippen molar-refractivity contribution in [2.75, 3.05) is 19.6 Å². The van der Waals surface area contributed by atoms with Gasteiger partial charge in [0, 0.05) is 6.42 Å². The molecule has 0 aromatic heterocycles. The predicted molar refractivity (Wildman–Crippen MR) is 79.3 cm³/mol. The average molecular weight is 269 g/mol. The molecule has 1 N–H and O–H groups in total. The van der Waals surface area contributed by atoms with E-state index >= 15 is 0 Å². The molecule has 0 bridgehead atoms. The monoisotopic (exact) mass is 269 g/mol. The minimum Gasteiger partial charge on any atom is -0.481 e. The minimum absolute atomic E-state index is 0.325. The van der Waals surface area contributed by atoms with Crippen LogP contribution in [0.2, 0.25) is 0 Å². The van der Waals surface area contributed by atoms with Gasteiger partial charge in [-0.3, -0.25) is 4.79 Å². The van der Waals surface area contributed by atoms with Crippen molar-refractivity contribution in [3.63, 3.8) is 0 Å². The van der Waals surface area contributed by atoms with Gasteiger partial charge >= 0.3 is 5.97 Å². The number of aliphatic carboxylic acids is 1. The zero-order valence-electron chi connectivity index (χ0n) is 13.0. The molecule has 1 saturated heterocycles. The third kappa shape index (κ3) is 6.95. The third-order valence-electron chi connectivity index (χ3n) is 4.41. The molecule has 1 aliphatic rings. The summed E-state index contributed by atoms with van der Waals surface area (Å²) in [5, 5.41) is 8.59. The highest BCUT2D eigenvalue weighted by Crippen LogP contribution is 2.34. The highest BCUT2D eigenvalue weighted by molar-refractivity contribution is 5.66. The van der Waals surface area contributed by atoms with Crippen molar-refractivity contribution >= 4 is 5.97 Å². The van der Waals surface area contributed by atoms with E-state index in [9.17, 15) is 4.79 Å². The zero-order valence-corrected chi connectivity index (χ0v) is 13.0. The first-order valence-electron chi connectivity index (χ1n) is 7.84. The number of likely N-dealkylation sites (tertiary alicyclic amines) is 1. The number of rotatable bonds is 6. The van der Waals surface area contributed by atoms with E-state index in [0.717, 1.165) is 31.7 Å². The van der Waals surface area contributed by atoms with Gasteiger partial charge in [-0.25, -0.2) is 0 Å². The molecule has 1 heterocycles. The number of carbonyl (C=O) groups is 1. The molecule has 3 nitrogen and oxygen atoms in total. The first kappa shape index (κ1) is 16.5. The molecule has 112 valence electrons. The lowest BCUT2D eigenvalue weighted by molar-refractivity contribution is -0.137. The maximum Gasteiger partial charge on any atom is 0.303 e. The Morgan fingerprint density at radius 2 is 1.89 bits per heavy atom. The number of carboxylic acids is 1. The molecular formula is C16H31NO2. The van der Waals surface area contributed by atoms with Crippen molar-refractivity contribution in [1.29, 1.82) is 0 Å². The molecule has 0 amide bonds. The van der Waals surface area contributed by atoms with Crippen molar-refractivity contribution in [3.05, 3.63) is 0 Å². The Hall–Kier alpha value is -0.570. The number of hydrogen-bond donors (Lipinski definition) is 1. The quantitative estimate of drug-likeness (QED) is 0.746. The average Bonchev–Trinajstić information content (AvgIpc) is 2.53. The molecule has 1 atom stereocenters. The van der Waals surface area contributed by atoms with E-state index in [1.54, 1.807) is 0 Å². The molecule has 0 saturated carbocycles. The Morgan fingerprint density at radius 1 is 1.16 bits per heavy atom. The van der Waals surface area contributed by atoms with E-state index in [-0.39, 0.29) is 0 Å². The largest absolute Gasteiger partial charge is 0.481 e. The summed E-state index contributed by atoms with van der Waals surface area (Å²) < 4.78 is 0. The summed E-state index contributed by atoms with van der Waals surface area (Å²) in [6, 6.07) is 0. The van der Waals surface area contributed by atoms with Crippen molar-refractivity contribution in [2.24, 2.45) is 11.3 Å². The molecule has 1 rings (SSSR count). The zero-order chi connectivity index (χ0) is 14.3. The second kappa shape index (κ2) is 7.88. The maximum atomic E-state index is 10.4. The van der Waals surface area contributed by atoms with Gasteiger partial charge in [0.2, 0.25) is 0 Å². The maximum absolute atomic E-state index is 10.4. The lowest BCUT2D eigenvalue weighted by Gasteiger charge is -2.29. The Labute approximate surface area is 118 Å². The minimum atomic E-state index is -0.664. The Kier molecular flexibility index (Phi) is 6.84. The summed E-state index contributed by atoms with van der Waals surface area (Å²) in [5.41, 5.74) is 0.442. The van der Waals surface area contributed by atoms with Crippen LogP contribution < -0.4 is 0 Å². The second-order valence-electron chi connectivity index (χ2n) is 7.04. The molecule has 1 fully saturated rings. The van der Waals surface area contributed by atoms with Crippen LogP contribution in [-0.2, 0) is 4.79 Å². The Balaban J connectivity index is 2.17. The molecule has 0 aliphatic carbocycles. The number of hydrogen-bond acceptors (Lipinski definition) is 2. The molecular weight excluding hydrogens is 238 g/mol. The molecule has 1 aliphatic heterocycles. The van der Waals surface area contributed by atoms with E-state index in [1.165, 1.54) is 32.4 Å². The third-order valence-corrected chi connectivity index (χ3v) is 4.41. The van der Waals surface area contributed by atoms with Gasteiger partial charge in [0.15, 0.2) is 0 Å². The van der Waals surface area contributed by atoms with Crippen molar-refractivity contribution in [1.82, 2.24) is 4.90 Å². The van der Waals surface area contributed by atoms with E-state index in [2.05, 4.69) is 25.7 Å². The first-order chi connectivity index (χ1) is 8.89. The Morgan fingerprint density at radius 3 is 2.53 bits per heavy atom. The summed E-state index contributed by atoms with van der Waals surface area (Å²) in [4.78, 5) is 13.0. The standard InChI is InChI=1S/C16H31NO2/c1-16(2,3)14-8-7-12-17(13-10-14)11-6-4-5-9-15(18)19/h14H,4-13H2,1-3H3,(H,18,19). The molecule has 0 aromatic carbocycles. The SMILES string of the molecule is CC(C)(C)C1CCCN(CCCCCC(=O)O)CC1. The van der Waals surface area contributed by atoms with Crippen LogP contribution in [0.3, 0.4) is 0 Å². The number of carboxylic acid groups (broad SMARTS) is 1. The van der Waals surface area contributed by atoms with Crippen molar-refractivity contribution in [2.45, 2.75) is 65.7 Å². The molecule has 1 unspecified atom stereocenters. The van der Waals surface area contributed by atoms with Crippen LogP contribution in [0, 0.1) is 11.3 Å². The summed E-state index contributed by atoms with van der Waals surface area (Å²) in [6.07, 6.45) is 7.34. The van der Waals surface area contributed by atoms with E-state index < -0.39 is 5.97 Å². The molecule has 0 aromatic rings. The lowest BCUT2D eigenvalue weighted by Crippen LogP contribution is -2.27. The molecule has 3 heteroatoms. The van der Waals surface area contributed by atoms with Crippen LogP contribution in [0.1, 0.15) is 65.7 Å². The van der Waals surface area contributed by atoms with Crippen LogP contribution in [0.5, 0.6) is 0 Å². The van der Waals surface area contributed by atoms with Crippen molar-refractivity contribution < 1.29 is 9.90 Å². The van der Waals surface area contributed by atoms with E-state index in [0.29, 0.717) is 11.8 Å². The highest BCUT2D eigenvalue weighted by atomic mass is 16.4. The van der Waals surface area contributed by atoms with Crippen LogP contribution in [0.25, 0.3) is 0 Å². The van der Waals surface area contributed by atoms with Crippen LogP contribution >= 0.6 is 0 Å². The van der Waals surface area contributed by atoms with Crippen LogP contribution in [0.15, 0.2) is 0 Å². The summed E-state index contributed by atoms with van der Waals surface area (Å²) in [7, 11) is 0. The van der Waals surface area contributed by atoms with Gasteiger partial charge in [0.1, 0.15) is 0 Å². The van der Waals surface area contributed by atoms with Gasteiger partial charge in [-0.1, -0.05) is 27.2 Å². The smallest absolute Gasteiger partial charge is 0.303 e. The van der Waals surface area contributed by atoms with Gasteiger partial charge < -0.3 is 10.0 Å². The Bertz CT molecular complexity index is 270. The van der Waals surface area contributed by atoms with Crippen LogP contribution in [-0.4, -0.2) is 35.6 Å².